The van der Waals surface area contributed by atoms with Crippen LogP contribution in [0.25, 0.3) is 0 Å². The molecule has 1 heterocycles. The van der Waals surface area contributed by atoms with E-state index >= 15 is 0 Å². The third kappa shape index (κ3) is 2.93. The minimum absolute atomic E-state index is 0.0428. The minimum atomic E-state index is -0.406. The molecule has 86 valence electrons. The number of hydrogen-bond acceptors (Lipinski definition) is 3. The molecule has 0 aliphatic carbocycles. The lowest BCUT2D eigenvalue weighted by Gasteiger charge is -2.16. The number of rotatable bonds is 3. The van der Waals surface area contributed by atoms with E-state index in [1.807, 2.05) is 20.8 Å². The maximum atomic E-state index is 11.7. The zero-order valence-electron chi connectivity index (χ0n) is 10.2. The van der Waals surface area contributed by atoms with E-state index in [1.165, 1.54) is 6.07 Å². The fourth-order valence-electron chi connectivity index (χ4n) is 1.48. The lowest BCUT2D eigenvalue weighted by Crippen LogP contribution is -2.26. The Kier molecular flexibility index (Phi) is 3.48. The normalized spacial score (nSPS) is 11.2. The van der Waals surface area contributed by atoms with Gasteiger partial charge in [-0.2, -0.15) is 5.26 Å². The largest absolute Gasteiger partial charge is 0.297 e. The maximum absolute atomic E-state index is 11.7. The topological polar surface area (TPSA) is 58.7 Å². The fraction of sp³-hybridized carbons (Fsp3) is 0.583. The van der Waals surface area contributed by atoms with Crippen molar-refractivity contribution in [3.63, 3.8) is 0 Å². The average Bonchev–Trinajstić information content (AvgIpc) is 2.16. The summed E-state index contributed by atoms with van der Waals surface area (Å²) in [5.74, 6) is 0.707. The van der Waals surface area contributed by atoms with E-state index in [1.54, 1.807) is 11.5 Å². The van der Waals surface area contributed by atoms with Gasteiger partial charge in [0.2, 0.25) is 0 Å². The van der Waals surface area contributed by atoms with Crippen LogP contribution < -0.4 is 5.56 Å². The number of nitrogens with zero attached hydrogens (tertiary/aromatic N) is 3. The van der Waals surface area contributed by atoms with Crippen LogP contribution in [0.4, 0.5) is 0 Å². The Morgan fingerprint density at radius 2 is 2.12 bits per heavy atom. The predicted molar refractivity (Wildman–Crippen MR) is 62.0 cm³/mol. The zero-order valence-corrected chi connectivity index (χ0v) is 10.2. The molecule has 1 aromatic rings. The molecule has 0 spiro atoms. The Morgan fingerprint density at radius 1 is 1.50 bits per heavy atom. The van der Waals surface area contributed by atoms with Gasteiger partial charge in [0.25, 0.3) is 5.56 Å². The van der Waals surface area contributed by atoms with E-state index in [0.717, 1.165) is 5.69 Å². The molecule has 0 N–H and O–H groups in total. The second kappa shape index (κ2) is 4.48. The quantitative estimate of drug-likeness (QED) is 0.778. The van der Waals surface area contributed by atoms with E-state index in [-0.39, 0.29) is 5.56 Å². The fourth-order valence-corrected chi connectivity index (χ4v) is 1.48. The van der Waals surface area contributed by atoms with E-state index < -0.39 is 5.41 Å². The molecule has 0 aliphatic rings. The highest BCUT2D eigenvalue weighted by Gasteiger charge is 2.17. The molecule has 0 aliphatic heterocycles. The van der Waals surface area contributed by atoms with E-state index in [2.05, 4.69) is 11.1 Å². The Balaban J connectivity index is 2.92. The summed E-state index contributed by atoms with van der Waals surface area (Å²) in [6.07, 6.45) is 0.648. The first kappa shape index (κ1) is 12.4. The molecule has 0 radical (unpaired) electrons. The van der Waals surface area contributed by atoms with Gasteiger partial charge in [-0.05, 0) is 34.1 Å². The van der Waals surface area contributed by atoms with Crippen LogP contribution in [0.2, 0.25) is 0 Å². The van der Waals surface area contributed by atoms with Crippen LogP contribution in [0.1, 0.15) is 31.8 Å². The molecule has 4 heteroatoms. The standard InChI is InChI=1S/C12H17N3O/c1-9-7-11(16)15(10(2)14-9)6-5-12(3,4)8-13/h7H,5-6H2,1-4H3. The van der Waals surface area contributed by atoms with Crippen molar-refractivity contribution in [3.8, 4) is 6.07 Å². The summed E-state index contributed by atoms with van der Waals surface area (Å²) < 4.78 is 1.62. The zero-order chi connectivity index (χ0) is 12.3. The smallest absolute Gasteiger partial charge is 0.253 e. The number of nitriles is 1. The average molecular weight is 219 g/mol. The van der Waals surface area contributed by atoms with Crippen molar-refractivity contribution in [2.24, 2.45) is 5.41 Å². The molecular weight excluding hydrogens is 202 g/mol. The molecule has 0 amide bonds. The van der Waals surface area contributed by atoms with Crippen LogP contribution in [-0.2, 0) is 6.54 Å². The lowest BCUT2D eigenvalue weighted by molar-refractivity contribution is 0.404. The summed E-state index contributed by atoms with van der Waals surface area (Å²) in [5, 5.41) is 8.90. The third-order valence-electron chi connectivity index (χ3n) is 2.59. The van der Waals surface area contributed by atoms with Crippen molar-refractivity contribution in [2.75, 3.05) is 0 Å². The first-order chi connectivity index (χ1) is 7.35. The highest BCUT2D eigenvalue weighted by atomic mass is 16.1. The second-order valence-electron chi connectivity index (χ2n) is 4.68. The number of aromatic nitrogens is 2. The molecule has 0 fully saturated rings. The summed E-state index contributed by atoms with van der Waals surface area (Å²) in [6, 6.07) is 3.75. The van der Waals surface area contributed by atoms with Gasteiger partial charge in [0.05, 0.1) is 11.5 Å². The van der Waals surface area contributed by atoms with Crippen LogP contribution in [0.15, 0.2) is 10.9 Å². The third-order valence-corrected chi connectivity index (χ3v) is 2.59. The van der Waals surface area contributed by atoms with Crippen molar-refractivity contribution in [1.82, 2.24) is 9.55 Å². The van der Waals surface area contributed by atoms with Gasteiger partial charge in [-0.1, -0.05) is 0 Å². The number of hydrogen-bond donors (Lipinski definition) is 0. The molecule has 1 aromatic heterocycles. The predicted octanol–water partition coefficient (Wildman–Crippen LogP) is 1.80. The van der Waals surface area contributed by atoms with E-state index in [0.29, 0.717) is 18.8 Å². The highest BCUT2D eigenvalue weighted by molar-refractivity contribution is 5.02. The van der Waals surface area contributed by atoms with Gasteiger partial charge in [0.15, 0.2) is 0 Å². The van der Waals surface area contributed by atoms with Crippen LogP contribution in [0.3, 0.4) is 0 Å². The Bertz CT molecular complexity index is 480. The van der Waals surface area contributed by atoms with Gasteiger partial charge in [-0.25, -0.2) is 4.98 Å². The van der Waals surface area contributed by atoms with Crippen LogP contribution in [0.5, 0.6) is 0 Å². The molecule has 0 aromatic carbocycles. The van der Waals surface area contributed by atoms with E-state index in [4.69, 9.17) is 5.26 Å². The molecular formula is C12H17N3O. The molecule has 0 bridgehead atoms. The van der Waals surface area contributed by atoms with Crippen LogP contribution >= 0.6 is 0 Å². The molecule has 4 nitrogen and oxygen atoms in total. The van der Waals surface area contributed by atoms with Gasteiger partial charge in [0.1, 0.15) is 5.82 Å². The first-order valence-electron chi connectivity index (χ1n) is 5.32. The van der Waals surface area contributed by atoms with Crippen LogP contribution in [-0.4, -0.2) is 9.55 Å². The molecule has 16 heavy (non-hydrogen) atoms. The maximum Gasteiger partial charge on any atom is 0.253 e. The Hall–Kier alpha value is -1.63. The summed E-state index contributed by atoms with van der Waals surface area (Å²) in [6.45, 7) is 7.90. The number of aryl methyl sites for hydroxylation is 2. The van der Waals surface area contributed by atoms with Gasteiger partial charge in [0, 0.05) is 18.3 Å². The molecule has 0 unspecified atom stereocenters. The van der Waals surface area contributed by atoms with Crippen molar-refractivity contribution < 1.29 is 0 Å². The van der Waals surface area contributed by atoms with Gasteiger partial charge < -0.3 is 0 Å². The molecule has 1 rings (SSSR count). The summed E-state index contributed by atoms with van der Waals surface area (Å²) in [4.78, 5) is 15.9. The van der Waals surface area contributed by atoms with E-state index in [9.17, 15) is 4.79 Å². The van der Waals surface area contributed by atoms with Crippen molar-refractivity contribution in [1.29, 1.82) is 5.26 Å². The van der Waals surface area contributed by atoms with Crippen LogP contribution in [0, 0.1) is 30.6 Å². The summed E-state index contributed by atoms with van der Waals surface area (Å²) in [5.41, 5.74) is 0.286. The molecule has 0 saturated heterocycles. The second-order valence-corrected chi connectivity index (χ2v) is 4.68. The molecule has 0 atom stereocenters. The van der Waals surface area contributed by atoms with Gasteiger partial charge in [-0.3, -0.25) is 9.36 Å². The summed E-state index contributed by atoms with van der Waals surface area (Å²) in [7, 11) is 0. The highest BCUT2D eigenvalue weighted by Crippen LogP contribution is 2.19. The van der Waals surface area contributed by atoms with Crippen molar-refractivity contribution in [2.45, 2.75) is 40.7 Å². The lowest BCUT2D eigenvalue weighted by atomic mass is 9.91. The first-order valence-corrected chi connectivity index (χ1v) is 5.32. The van der Waals surface area contributed by atoms with Crippen molar-refractivity contribution in [3.05, 3.63) is 27.9 Å². The minimum Gasteiger partial charge on any atom is -0.297 e. The molecule has 0 saturated carbocycles. The van der Waals surface area contributed by atoms with Crippen molar-refractivity contribution >= 4 is 0 Å². The van der Waals surface area contributed by atoms with Gasteiger partial charge in [-0.15, -0.1) is 0 Å². The monoisotopic (exact) mass is 219 g/mol. The Morgan fingerprint density at radius 3 is 2.62 bits per heavy atom. The Labute approximate surface area is 95.6 Å². The summed E-state index contributed by atoms with van der Waals surface area (Å²) >= 11 is 0. The van der Waals surface area contributed by atoms with Gasteiger partial charge >= 0.3 is 0 Å². The SMILES string of the molecule is Cc1cc(=O)n(CCC(C)(C)C#N)c(C)n1.